The number of nitrogens with one attached hydrogen (secondary N) is 1. The van der Waals surface area contributed by atoms with Crippen LogP contribution in [0.15, 0.2) is 67.0 Å². The Hall–Kier alpha value is -3.12. The molecule has 1 N–H and O–H groups in total. The third-order valence-electron chi connectivity index (χ3n) is 4.78. The van der Waals surface area contributed by atoms with E-state index in [9.17, 15) is 4.79 Å². The molecule has 0 bridgehead atoms. The van der Waals surface area contributed by atoms with Crippen LogP contribution in [-0.4, -0.2) is 40.2 Å². The lowest BCUT2D eigenvalue weighted by atomic mass is 10.2. The first kappa shape index (κ1) is 20.6. The van der Waals surface area contributed by atoms with Crippen molar-refractivity contribution in [3.63, 3.8) is 0 Å². The van der Waals surface area contributed by atoms with Crippen LogP contribution in [0.2, 0.25) is 0 Å². The van der Waals surface area contributed by atoms with Crippen molar-refractivity contribution in [3.8, 4) is 5.75 Å². The van der Waals surface area contributed by atoms with Crippen molar-refractivity contribution in [1.29, 1.82) is 0 Å². The van der Waals surface area contributed by atoms with Crippen molar-refractivity contribution < 1.29 is 9.53 Å². The molecule has 0 saturated heterocycles. The Morgan fingerprint density at radius 2 is 1.90 bits per heavy atom. The second kappa shape index (κ2) is 10.4. The summed E-state index contributed by atoms with van der Waals surface area (Å²) >= 11 is 0. The Balaban J connectivity index is 1.55. The number of nitrogens with zero attached hydrogens (tertiary/aromatic N) is 3. The van der Waals surface area contributed by atoms with Gasteiger partial charge in [0.1, 0.15) is 12.4 Å². The number of ether oxygens (including phenoxy) is 1. The van der Waals surface area contributed by atoms with Crippen molar-refractivity contribution >= 4 is 11.6 Å². The van der Waals surface area contributed by atoms with Gasteiger partial charge >= 0.3 is 0 Å². The third-order valence-corrected chi connectivity index (χ3v) is 4.78. The fourth-order valence-electron chi connectivity index (χ4n) is 3.01. The number of likely N-dealkylation sites (N-methyl/N-ethyl adjacent to an activating group) is 1. The van der Waals surface area contributed by atoms with Gasteiger partial charge in [0.15, 0.2) is 0 Å². The highest BCUT2D eigenvalue weighted by molar-refractivity contribution is 6.04. The maximum absolute atomic E-state index is 12.6. The van der Waals surface area contributed by atoms with Gasteiger partial charge in [-0.25, -0.2) is 0 Å². The molecule has 3 aromatic rings. The van der Waals surface area contributed by atoms with Crippen LogP contribution in [0.25, 0.3) is 0 Å². The van der Waals surface area contributed by atoms with Crippen LogP contribution in [0, 0.1) is 0 Å². The molecule has 1 aromatic heterocycles. The van der Waals surface area contributed by atoms with Gasteiger partial charge in [-0.3, -0.25) is 9.48 Å². The third kappa shape index (κ3) is 6.19. The first-order chi connectivity index (χ1) is 14.2. The number of anilines is 1. The second-order valence-corrected chi connectivity index (χ2v) is 6.78. The summed E-state index contributed by atoms with van der Waals surface area (Å²) in [7, 11) is 0. The van der Waals surface area contributed by atoms with Crippen LogP contribution >= 0.6 is 0 Å². The van der Waals surface area contributed by atoms with E-state index in [-0.39, 0.29) is 5.91 Å². The van der Waals surface area contributed by atoms with Gasteiger partial charge in [0.25, 0.3) is 5.91 Å². The van der Waals surface area contributed by atoms with E-state index in [2.05, 4.69) is 29.2 Å². The lowest BCUT2D eigenvalue weighted by Crippen LogP contribution is -2.27. The zero-order valence-electron chi connectivity index (χ0n) is 17.0. The van der Waals surface area contributed by atoms with Crippen molar-refractivity contribution in [3.05, 3.63) is 78.1 Å². The smallest absolute Gasteiger partial charge is 0.255 e. The number of amides is 1. The number of rotatable bonds is 10. The van der Waals surface area contributed by atoms with Gasteiger partial charge in [0.2, 0.25) is 0 Å². The molecule has 0 saturated carbocycles. The minimum atomic E-state index is -0.182. The first-order valence-corrected chi connectivity index (χ1v) is 10.0. The number of hydrogen-bond donors (Lipinski definition) is 1. The minimum Gasteiger partial charge on any atom is -0.489 e. The van der Waals surface area contributed by atoms with Gasteiger partial charge in [-0.2, -0.15) is 5.10 Å². The quantitative estimate of drug-likeness (QED) is 0.565. The summed E-state index contributed by atoms with van der Waals surface area (Å²) in [5, 5.41) is 7.24. The average Bonchev–Trinajstić information content (AvgIpc) is 3.21. The molecule has 6 heteroatoms. The van der Waals surface area contributed by atoms with Crippen molar-refractivity contribution in [2.45, 2.75) is 27.0 Å². The summed E-state index contributed by atoms with van der Waals surface area (Å²) in [6.45, 7) is 8.52. The van der Waals surface area contributed by atoms with Crippen molar-refractivity contribution in [2.24, 2.45) is 0 Å². The first-order valence-electron chi connectivity index (χ1n) is 10.0. The van der Waals surface area contributed by atoms with Gasteiger partial charge < -0.3 is 15.0 Å². The zero-order valence-corrected chi connectivity index (χ0v) is 17.0. The molecule has 0 fully saturated rings. The highest BCUT2D eigenvalue weighted by Crippen LogP contribution is 2.17. The summed E-state index contributed by atoms with van der Waals surface area (Å²) in [6.07, 6.45) is 3.53. The van der Waals surface area contributed by atoms with Gasteiger partial charge in [-0.15, -0.1) is 0 Å². The lowest BCUT2D eigenvalue weighted by molar-refractivity contribution is 0.102. The Morgan fingerprint density at radius 1 is 1.10 bits per heavy atom. The minimum absolute atomic E-state index is 0.182. The summed E-state index contributed by atoms with van der Waals surface area (Å²) in [5.41, 5.74) is 2.32. The average molecular weight is 393 g/mol. The molecule has 2 aromatic carbocycles. The van der Waals surface area contributed by atoms with Gasteiger partial charge in [0.05, 0.1) is 18.4 Å². The zero-order chi connectivity index (χ0) is 20.5. The molecule has 0 radical (unpaired) electrons. The van der Waals surface area contributed by atoms with E-state index in [0.29, 0.717) is 23.6 Å². The van der Waals surface area contributed by atoms with Crippen LogP contribution in [0.5, 0.6) is 5.75 Å². The van der Waals surface area contributed by atoms with E-state index in [1.54, 1.807) is 18.3 Å². The molecule has 29 heavy (non-hydrogen) atoms. The van der Waals surface area contributed by atoms with Gasteiger partial charge in [0, 0.05) is 18.3 Å². The molecule has 0 aliphatic heterocycles. The normalized spacial score (nSPS) is 10.9. The Kier molecular flexibility index (Phi) is 7.41. The molecule has 0 aliphatic rings. The maximum Gasteiger partial charge on any atom is 0.255 e. The molecule has 0 unspecified atom stereocenters. The monoisotopic (exact) mass is 392 g/mol. The van der Waals surface area contributed by atoms with Crippen molar-refractivity contribution in [1.82, 2.24) is 14.7 Å². The van der Waals surface area contributed by atoms with Gasteiger partial charge in [-0.1, -0.05) is 50.2 Å². The molecular weight excluding hydrogens is 364 g/mol. The summed E-state index contributed by atoms with van der Waals surface area (Å²) in [4.78, 5) is 14.9. The number of carbonyl (C=O) groups is 1. The SMILES string of the molecule is CCN(CC)CCn1cc(NC(=O)c2cccc(OCc3ccccc3)c2)cn1. The fraction of sp³-hybridized carbons (Fsp3) is 0.304. The molecule has 0 atom stereocenters. The van der Waals surface area contributed by atoms with E-state index in [4.69, 9.17) is 4.74 Å². The van der Waals surface area contributed by atoms with Crippen LogP contribution in [0.4, 0.5) is 5.69 Å². The Bertz CT molecular complexity index is 904. The van der Waals surface area contributed by atoms with E-state index in [1.165, 1.54) is 0 Å². The molecule has 0 aliphatic carbocycles. The largest absolute Gasteiger partial charge is 0.489 e. The van der Waals surface area contributed by atoms with Crippen LogP contribution < -0.4 is 10.1 Å². The van der Waals surface area contributed by atoms with Crippen LogP contribution in [-0.2, 0) is 13.2 Å². The second-order valence-electron chi connectivity index (χ2n) is 6.78. The molecular formula is C23H28N4O2. The molecule has 1 amide bonds. The molecule has 152 valence electrons. The fourth-order valence-corrected chi connectivity index (χ4v) is 3.01. The van der Waals surface area contributed by atoms with E-state index < -0.39 is 0 Å². The Labute approximate surface area is 172 Å². The summed E-state index contributed by atoms with van der Waals surface area (Å²) in [6, 6.07) is 17.1. The Morgan fingerprint density at radius 3 is 2.66 bits per heavy atom. The molecule has 1 heterocycles. The lowest BCUT2D eigenvalue weighted by Gasteiger charge is -2.17. The molecule has 0 spiro atoms. The topological polar surface area (TPSA) is 59.4 Å². The predicted molar refractivity (Wildman–Crippen MR) is 115 cm³/mol. The molecule has 6 nitrogen and oxygen atoms in total. The van der Waals surface area contributed by atoms with Crippen molar-refractivity contribution in [2.75, 3.05) is 25.0 Å². The number of aromatic nitrogens is 2. The number of benzene rings is 2. The number of hydrogen-bond acceptors (Lipinski definition) is 4. The van der Waals surface area contributed by atoms with E-state index >= 15 is 0 Å². The highest BCUT2D eigenvalue weighted by atomic mass is 16.5. The number of carbonyl (C=O) groups excluding carboxylic acids is 1. The van der Waals surface area contributed by atoms with Crippen LogP contribution in [0.3, 0.4) is 0 Å². The predicted octanol–water partition coefficient (Wildman–Crippen LogP) is 4.06. The summed E-state index contributed by atoms with van der Waals surface area (Å²) in [5.74, 6) is 0.481. The van der Waals surface area contributed by atoms with Gasteiger partial charge in [-0.05, 0) is 36.9 Å². The van der Waals surface area contributed by atoms with E-state index in [0.717, 1.165) is 31.7 Å². The standard InChI is InChI=1S/C23H28N4O2/c1-3-26(4-2)13-14-27-17-21(16-24-27)25-23(28)20-11-8-12-22(15-20)29-18-19-9-6-5-7-10-19/h5-12,15-17H,3-4,13-14,18H2,1-2H3,(H,25,28). The summed E-state index contributed by atoms with van der Waals surface area (Å²) < 4.78 is 7.67. The van der Waals surface area contributed by atoms with Crippen LogP contribution in [0.1, 0.15) is 29.8 Å². The molecule has 3 rings (SSSR count). The highest BCUT2D eigenvalue weighted by Gasteiger charge is 2.09. The van der Waals surface area contributed by atoms with E-state index in [1.807, 2.05) is 53.3 Å². The maximum atomic E-state index is 12.6.